The number of carbonyl (C=O) groups excluding carboxylic acids is 2. The van der Waals surface area contributed by atoms with Crippen LogP contribution in [0.1, 0.15) is 45.4 Å². The van der Waals surface area contributed by atoms with E-state index in [1.807, 2.05) is 0 Å². The van der Waals surface area contributed by atoms with Crippen LogP contribution in [0, 0.1) is 0 Å². The first-order valence-electron chi connectivity index (χ1n) is 6.71. The van der Waals surface area contributed by atoms with Crippen LogP contribution in [0.15, 0.2) is 33.8 Å². The van der Waals surface area contributed by atoms with Crippen LogP contribution in [0.2, 0.25) is 0 Å². The molecule has 2 atom stereocenters. The summed E-state index contributed by atoms with van der Waals surface area (Å²) in [5, 5.41) is 0. The lowest BCUT2D eigenvalue weighted by Crippen LogP contribution is -2.07. The minimum Gasteiger partial charge on any atom is -0.211 e. The molecule has 4 heteroatoms. The maximum absolute atomic E-state index is 9.84. The molecular formula is C15H20N2O2. The lowest BCUT2D eigenvalue weighted by molar-refractivity contribution is 0.543. The van der Waals surface area contributed by atoms with Gasteiger partial charge in [0.15, 0.2) is 0 Å². The third-order valence-electron chi connectivity index (χ3n) is 3.32. The molecule has 0 spiro atoms. The smallest absolute Gasteiger partial charge is 0.211 e. The molecule has 19 heavy (non-hydrogen) atoms. The molecule has 0 saturated heterocycles. The molecule has 0 fully saturated rings. The Morgan fingerprint density at radius 2 is 1.74 bits per heavy atom. The summed E-state index contributed by atoms with van der Waals surface area (Å²) in [5.74, 6) is 0. The van der Waals surface area contributed by atoms with Gasteiger partial charge in [-0.2, -0.15) is 0 Å². The third-order valence-corrected chi connectivity index (χ3v) is 3.32. The summed E-state index contributed by atoms with van der Waals surface area (Å²) in [6.45, 7) is 2.11. The van der Waals surface area contributed by atoms with Crippen molar-refractivity contribution in [3.8, 4) is 0 Å². The molecule has 102 valence electrons. The van der Waals surface area contributed by atoms with Crippen LogP contribution < -0.4 is 0 Å². The van der Waals surface area contributed by atoms with Gasteiger partial charge in [-0.1, -0.05) is 23.8 Å². The summed E-state index contributed by atoms with van der Waals surface area (Å²) in [4.78, 5) is 26.9. The van der Waals surface area contributed by atoms with Gasteiger partial charge in [-0.15, -0.1) is 0 Å². The average Bonchev–Trinajstić information content (AvgIpc) is 2.44. The summed E-state index contributed by atoms with van der Waals surface area (Å²) in [5.41, 5.74) is 1.41. The highest BCUT2D eigenvalue weighted by Gasteiger charge is 2.09. The van der Waals surface area contributed by atoms with Crippen LogP contribution in [0.5, 0.6) is 0 Å². The summed E-state index contributed by atoms with van der Waals surface area (Å²) in [6, 6.07) is 0.425. The molecule has 0 bridgehead atoms. The lowest BCUT2D eigenvalue weighted by Gasteiger charge is -2.13. The Labute approximate surface area is 114 Å². The maximum atomic E-state index is 9.84. The molecule has 4 nitrogen and oxygen atoms in total. The molecule has 2 aliphatic rings. The van der Waals surface area contributed by atoms with Gasteiger partial charge in [0.1, 0.15) is 0 Å². The van der Waals surface area contributed by atoms with E-state index in [0.29, 0.717) is 0 Å². The van der Waals surface area contributed by atoms with E-state index in [9.17, 15) is 9.59 Å². The lowest BCUT2D eigenvalue weighted by atomic mass is 9.97. The SMILES string of the molecule is CC1=CCC(N=C=O)CC1.O=C=NC1CC=CCC1. The topological polar surface area (TPSA) is 58.9 Å². The fourth-order valence-corrected chi connectivity index (χ4v) is 2.11. The highest BCUT2D eigenvalue weighted by atomic mass is 16.1. The highest BCUT2D eigenvalue weighted by molar-refractivity contribution is 5.34. The Morgan fingerprint density at radius 3 is 2.21 bits per heavy atom. The molecule has 2 aliphatic carbocycles. The fraction of sp³-hybridized carbons (Fsp3) is 0.600. The normalized spacial score (nSPS) is 25.0. The van der Waals surface area contributed by atoms with Gasteiger partial charge < -0.3 is 0 Å². The molecule has 0 aromatic rings. The number of hydrogen-bond donors (Lipinski definition) is 0. The zero-order valence-electron chi connectivity index (χ0n) is 11.3. The van der Waals surface area contributed by atoms with E-state index < -0.39 is 0 Å². The van der Waals surface area contributed by atoms with Gasteiger partial charge >= 0.3 is 0 Å². The van der Waals surface area contributed by atoms with Crippen LogP contribution in [-0.4, -0.2) is 24.2 Å². The Kier molecular flexibility index (Phi) is 7.41. The predicted molar refractivity (Wildman–Crippen MR) is 74.4 cm³/mol. The van der Waals surface area contributed by atoms with Crippen molar-refractivity contribution in [1.82, 2.24) is 0 Å². The van der Waals surface area contributed by atoms with Crippen LogP contribution in [-0.2, 0) is 9.59 Å². The monoisotopic (exact) mass is 260 g/mol. The molecule has 0 aromatic carbocycles. The first-order chi connectivity index (χ1) is 9.26. The van der Waals surface area contributed by atoms with Crippen LogP contribution in [0.3, 0.4) is 0 Å². The molecule has 0 N–H and O–H groups in total. The van der Waals surface area contributed by atoms with Crippen LogP contribution >= 0.6 is 0 Å². The number of nitrogens with zero attached hydrogens (tertiary/aromatic N) is 2. The fourth-order valence-electron chi connectivity index (χ4n) is 2.11. The van der Waals surface area contributed by atoms with E-state index in [4.69, 9.17) is 0 Å². The van der Waals surface area contributed by atoms with Crippen LogP contribution in [0.4, 0.5) is 0 Å². The Balaban J connectivity index is 0.000000191. The third kappa shape index (κ3) is 6.66. The van der Waals surface area contributed by atoms with Crippen LogP contribution in [0.25, 0.3) is 0 Å². The molecule has 0 radical (unpaired) electrons. The van der Waals surface area contributed by atoms with E-state index in [1.54, 1.807) is 12.2 Å². The van der Waals surface area contributed by atoms with Gasteiger partial charge in [-0.25, -0.2) is 19.6 Å². The van der Waals surface area contributed by atoms with Crippen molar-refractivity contribution < 1.29 is 9.59 Å². The minimum absolute atomic E-state index is 0.209. The van der Waals surface area contributed by atoms with Gasteiger partial charge in [-0.05, 0) is 45.4 Å². The number of isocyanates is 2. The summed E-state index contributed by atoms with van der Waals surface area (Å²) >= 11 is 0. The second kappa shape index (κ2) is 9.21. The Hall–Kier alpha value is -1.76. The van der Waals surface area contributed by atoms with E-state index >= 15 is 0 Å². The first kappa shape index (κ1) is 15.3. The molecular weight excluding hydrogens is 240 g/mol. The van der Waals surface area contributed by atoms with Crippen molar-refractivity contribution >= 4 is 12.2 Å². The molecule has 2 unspecified atom stereocenters. The standard InChI is InChI=1S/C8H11NO.C7H9NO/c1-7-2-4-8(5-3-7)9-6-10;9-6-8-7-4-2-1-3-5-7/h2,8H,3-5H2,1H3;1-2,7H,3-5H2. The van der Waals surface area contributed by atoms with Crippen molar-refractivity contribution in [2.45, 2.75) is 57.5 Å². The van der Waals surface area contributed by atoms with Crippen molar-refractivity contribution in [1.29, 1.82) is 0 Å². The van der Waals surface area contributed by atoms with Gasteiger partial charge in [0, 0.05) is 0 Å². The molecule has 0 aliphatic heterocycles. The van der Waals surface area contributed by atoms with Gasteiger partial charge in [-0.3, -0.25) is 0 Å². The predicted octanol–water partition coefficient (Wildman–Crippen LogP) is 3.25. The summed E-state index contributed by atoms with van der Waals surface area (Å²) in [7, 11) is 0. The van der Waals surface area contributed by atoms with Crippen molar-refractivity contribution in [3.05, 3.63) is 23.8 Å². The Morgan fingerprint density at radius 1 is 1.05 bits per heavy atom. The number of rotatable bonds is 2. The largest absolute Gasteiger partial charge is 0.235 e. The second-order valence-electron chi connectivity index (χ2n) is 4.86. The maximum Gasteiger partial charge on any atom is 0.235 e. The van der Waals surface area contributed by atoms with Crippen molar-refractivity contribution in [3.63, 3.8) is 0 Å². The van der Waals surface area contributed by atoms with Gasteiger partial charge in [0.05, 0.1) is 12.1 Å². The highest BCUT2D eigenvalue weighted by Crippen LogP contribution is 2.19. The molecule has 0 saturated carbocycles. The number of allylic oxidation sites excluding steroid dienone is 2. The summed E-state index contributed by atoms with van der Waals surface area (Å²) < 4.78 is 0. The molecule has 2 rings (SSSR count). The van der Waals surface area contributed by atoms with Gasteiger partial charge in [0.25, 0.3) is 0 Å². The van der Waals surface area contributed by atoms with E-state index in [2.05, 4.69) is 35.1 Å². The average molecular weight is 260 g/mol. The minimum atomic E-state index is 0.209. The Bertz CT molecular complexity index is 427. The molecule has 0 aromatic heterocycles. The van der Waals surface area contributed by atoms with Gasteiger partial charge in [0.2, 0.25) is 12.2 Å². The molecule has 0 amide bonds. The van der Waals surface area contributed by atoms with E-state index in [0.717, 1.165) is 38.5 Å². The molecule has 0 heterocycles. The number of hydrogen-bond acceptors (Lipinski definition) is 4. The summed E-state index contributed by atoms with van der Waals surface area (Å²) in [6.07, 6.45) is 15.5. The van der Waals surface area contributed by atoms with Crippen molar-refractivity contribution in [2.24, 2.45) is 9.98 Å². The van der Waals surface area contributed by atoms with E-state index in [1.165, 1.54) is 5.57 Å². The van der Waals surface area contributed by atoms with Crippen molar-refractivity contribution in [2.75, 3.05) is 0 Å². The quantitative estimate of drug-likeness (QED) is 0.434. The first-order valence-corrected chi connectivity index (χ1v) is 6.71. The zero-order valence-corrected chi connectivity index (χ0v) is 11.3. The van der Waals surface area contributed by atoms with E-state index in [-0.39, 0.29) is 12.1 Å². The second-order valence-corrected chi connectivity index (χ2v) is 4.86. The zero-order chi connectivity index (χ0) is 13.9. The number of aliphatic imine (C=N–C) groups is 2.